The van der Waals surface area contributed by atoms with E-state index in [0.29, 0.717) is 47.6 Å². The van der Waals surface area contributed by atoms with Crippen LogP contribution in [0, 0.1) is 0 Å². The first-order valence-corrected chi connectivity index (χ1v) is 11.2. The molecule has 3 heterocycles. The second kappa shape index (κ2) is 9.66. The molecule has 8 nitrogen and oxygen atoms in total. The predicted molar refractivity (Wildman–Crippen MR) is 133 cm³/mol. The summed E-state index contributed by atoms with van der Waals surface area (Å²) in [4.78, 5) is 13.9. The summed E-state index contributed by atoms with van der Waals surface area (Å²) in [6, 6.07) is 22.1. The van der Waals surface area contributed by atoms with Crippen molar-refractivity contribution in [2.45, 2.75) is 19.4 Å². The Morgan fingerprint density at radius 2 is 1.71 bits per heavy atom. The molecule has 0 unspecified atom stereocenters. The number of nitrogen functional groups attached to an aromatic ring is 1. The van der Waals surface area contributed by atoms with E-state index in [1.165, 1.54) is 11.1 Å². The second-order valence-electron chi connectivity index (χ2n) is 7.93. The minimum Gasteiger partial charge on any atom is -0.497 e. The maximum Gasteiger partial charge on any atom is 0.226 e. The van der Waals surface area contributed by atoms with Gasteiger partial charge in [0.25, 0.3) is 0 Å². The molecule has 5 aromatic rings. The number of ether oxygens (including phenoxy) is 1. The minimum atomic E-state index is 0.336. The highest BCUT2D eigenvalue weighted by molar-refractivity contribution is 5.86. The fraction of sp³-hybridized carbons (Fsp3) is 0.192. The summed E-state index contributed by atoms with van der Waals surface area (Å²) in [7, 11) is 1.66. The smallest absolute Gasteiger partial charge is 0.226 e. The van der Waals surface area contributed by atoms with Crippen LogP contribution >= 0.6 is 0 Å². The predicted octanol–water partition coefficient (Wildman–Crippen LogP) is 4.57. The van der Waals surface area contributed by atoms with E-state index in [1.54, 1.807) is 13.4 Å². The number of hydrogen-bond donors (Lipinski definition) is 2. The quantitative estimate of drug-likeness (QED) is 0.336. The highest BCUT2D eigenvalue weighted by Crippen LogP contribution is 2.28. The zero-order chi connectivity index (χ0) is 23.3. The Labute approximate surface area is 197 Å². The van der Waals surface area contributed by atoms with Gasteiger partial charge in [-0.05, 0) is 48.2 Å². The van der Waals surface area contributed by atoms with E-state index in [9.17, 15) is 0 Å². The fourth-order valence-electron chi connectivity index (χ4n) is 3.90. The van der Waals surface area contributed by atoms with E-state index in [2.05, 4.69) is 34.6 Å². The van der Waals surface area contributed by atoms with Crippen molar-refractivity contribution < 1.29 is 9.15 Å². The summed E-state index contributed by atoms with van der Waals surface area (Å²) < 4.78 is 13.0. The standard InChI is InChI=1S/C26H26N6O2/c1-33-20-11-9-19(10-12-20)14-16-32-24(21-8-5-17-34-21)29-22-23(27)30-26(31-25(22)32)28-15-13-18-6-3-2-4-7-18/h2-12,17H,13-16H2,1H3,(H3,27,28,30,31). The lowest BCUT2D eigenvalue weighted by Crippen LogP contribution is -2.11. The lowest BCUT2D eigenvalue weighted by molar-refractivity contribution is 0.414. The number of aryl methyl sites for hydroxylation is 2. The normalized spacial score (nSPS) is 11.1. The van der Waals surface area contributed by atoms with E-state index >= 15 is 0 Å². The molecule has 0 amide bonds. The van der Waals surface area contributed by atoms with Crippen molar-refractivity contribution in [1.82, 2.24) is 19.5 Å². The molecule has 0 saturated carbocycles. The average molecular weight is 455 g/mol. The average Bonchev–Trinajstić information content (AvgIpc) is 3.52. The van der Waals surface area contributed by atoms with Crippen LogP contribution in [0.15, 0.2) is 77.4 Å². The molecule has 0 spiro atoms. The Hall–Kier alpha value is -4.33. The van der Waals surface area contributed by atoms with Gasteiger partial charge in [-0.3, -0.25) is 0 Å². The molecule has 0 aliphatic carbocycles. The molecule has 172 valence electrons. The molecule has 0 aliphatic heterocycles. The third kappa shape index (κ3) is 4.56. The van der Waals surface area contributed by atoms with Gasteiger partial charge in [-0.15, -0.1) is 0 Å². The lowest BCUT2D eigenvalue weighted by atomic mass is 10.1. The first kappa shape index (κ1) is 21.5. The Morgan fingerprint density at radius 3 is 2.44 bits per heavy atom. The van der Waals surface area contributed by atoms with E-state index < -0.39 is 0 Å². The number of fused-ring (bicyclic) bond motifs is 1. The monoisotopic (exact) mass is 454 g/mol. The molecule has 5 rings (SSSR count). The van der Waals surface area contributed by atoms with Crippen molar-refractivity contribution in [3.8, 4) is 17.3 Å². The number of imidazole rings is 1. The van der Waals surface area contributed by atoms with Crippen LogP contribution in [0.3, 0.4) is 0 Å². The van der Waals surface area contributed by atoms with Crippen molar-refractivity contribution in [1.29, 1.82) is 0 Å². The van der Waals surface area contributed by atoms with Crippen LogP contribution < -0.4 is 15.8 Å². The molecule has 0 atom stereocenters. The maximum atomic E-state index is 6.30. The van der Waals surface area contributed by atoms with Gasteiger partial charge in [0.2, 0.25) is 5.95 Å². The zero-order valence-electron chi connectivity index (χ0n) is 18.9. The van der Waals surface area contributed by atoms with Gasteiger partial charge < -0.3 is 24.8 Å². The number of nitrogens with zero attached hydrogens (tertiary/aromatic N) is 4. The van der Waals surface area contributed by atoms with Crippen LogP contribution in [-0.4, -0.2) is 33.2 Å². The van der Waals surface area contributed by atoms with Crippen LogP contribution in [0.4, 0.5) is 11.8 Å². The van der Waals surface area contributed by atoms with Gasteiger partial charge in [0, 0.05) is 13.1 Å². The van der Waals surface area contributed by atoms with Crippen molar-refractivity contribution in [2.75, 3.05) is 24.7 Å². The number of benzene rings is 2. The molecule has 34 heavy (non-hydrogen) atoms. The van der Waals surface area contributed by atoms with Gasteiger partial charge in [0.05, 0.1) is 13.4 Å². The van der Waals surface area contributed by atoms with Crippen LogP contribution in [0.25, 0.3) is 22.7 Å². The Kier molecular flexibility index (Phi) is 6.11. The molecule has 0 fully saturated rings. The van der Waals surface area contributed by atoms with Crippen LogP contribution in [0.2, 0.25) is 0 Å². The van der Waals surface area contributed by atoms with Gasteiger partial charge in [-0.1, -0.05) is 42.5 Å². The first-order valence-electron chi connectivity index (χ1n) is 11.2. The molecular weight excluding hydrogens is 428 g/mol. The molecule has 8 heteroatoms. The van der Waals surface area contributed by atoms with Gasteiger partial charge in [0.15, 0.2) is 28.6 Å². The lowest BCUT2D eigenvalue weighted by Gasteiger charge is -2.10. The Balaban J connectivity index is 1.44. The summed E-state index contributed by atoms with van der Waals surface area (Å²) in [5.74, 6) is 2.99. The molecule has 2 aromatic carbocycles. The van der Waals surface area contributed by atoms with Gasteiger partial charge in [0.1, 0.15) is 5.75 Å². The third-order valence-electron chi connectivity index (χ3n) is 5.69. The van der Waals surface area contributed by atoms with Crippen molar-refractivity contribution >= 4 is 22.9 Å². The topological polar surface area (TPSA) is 104 Å². The number of rotatable bonds is 9. The second-order valence-corrected chi connectivity index (χ2v) is 7.93. The van der Waals surface area contributed by atoms with Crippen LogP contribution in [0.5, 0.6) is 5.75 Å². The number of furan rings is 1. The molecule has 0 saturated heterocycles. The molecule has 3 aromatic heterocycles. The number of anilines is 2. The number of aromatic nitrogens is 4. The fourth-order valence-corrected chi connectivity index (χ4v) is 3.90. The van der Waals surface area contributed by atoms with Crippen LogP contribution in [0.1, 0.15) is 11.1 Å². The van der Waals surface area contributed by atoms with Crippen molar-refractivity contribution in [3.63, 3.8) is 0 Å². The maximum absolute atomic E-state index is 6.30. The van der Waals surface area contributed by atoms with Crippen LogP contribution in [-0.2, 0) is 19.4 Å². The first-order chi connectivity index (χ1) is 16.7. The van der Waals surface area contributed by atoms with Crippen molar-refractivity contribution in [3.05, 3.63) is 84.1 Å². The SMILES string of the molecule is COc1ccc(CCn2c(-c3ccco3)nc3c(N)nc(NCCc4ccccc4)nc32)cc1. The molecule has 0 aliphatic rings. The number of methoxy groups -OCH3 is 1. The molecule has 3 N–H and O–H groups in total. The summed E-state index contributed by atoms with van der Waals surface area (Å²) in [6.07, 6.45) is 3.27. The summed E-state index contributed by atoms with van der Waals surface area (Å²) in [6.45, 7) is 1.35. The zero-order valence-corrected chi connectivity index (χ0v) is 18.9. The van der Waals surface area contributed by atoms with E-state index in [1.807, 2.05) is 47.0 Å². The van der Waals surface area contributed by atoms with Gasteiger partial charge in [-0.2, -0.15) is 9.97 Å². The van der Waals surface area contributed by atoms with Gasteiger partial charge in [-0.25, -0.2) is 4.98 Å². The highest BCUT2D eigenvalue weighted by Gasteiger charge is 2.19. The number of nitrogens with one attached hydrogen (secondary N) is 1. The van der Waals surface area contributed by atoms with Crippen molar-refractivity contribution in [2.24, 2.45) is 0 Å². The summed E-state index contributed by atoms with van der Waals surface area (Å²) >= 11 is 0. The number of nitrogens with two attached hydrogens (primary N) is 1. The Morgan fingerprint density at radius 1 is 0.912 bits per heavy atom. The largest absolute Gasteiger partial charge is 0.497 e. The highest BCUT2D eigenvalue weighted by atomic mass is 16.5. The summed E-state index contributed by atoms with van der Waals surface area (Å²) in [5, 5.41) is 3.30. The molecular formula is C26H26N6O2. The third-order valence-corrected chi connectivity index (χ3v) is 5.69. The molecule has 0 radical (unpaired) electrons. The van der Waals surface area contributed by atoms with E-state index in [4.69, 9.17) is 24.9 Å². The minimum absolute atomic E-state index is 0.336. The van der Waals surface area contributed by atoms with Gasteiger partial charge >= 0.3 is 0 Å². The number of hydrogen-bond acceptors (Lipinski definition) is 7. The molecule has 0 bridgehead atoms. The summed E-state index contributed by atoms with van der Waals surface area (Å²) in [5.41, 5.74) is 9.96. The Bertz CT molecular complexity index is 1360. The van der Waals surface area contributed by atoms with E-state index in [0.717, 1.165) is 18.6 Å². The van der Waals surface area contributed by atoms with E-state index in [-0.39, 0.29) is 0 Å².